The van der Waals surface area contributed by atoms with E-state index in [2.05, 4.69) is 71.2 Å². The first kappa shape index (κ1) is 20.4. The summed E-state index contributed by atoms with van der Waals surface area (Å²) < 4.78 is 0. The third kappa shape index (κ3) is 3.91. The fraction of sp³-hybridized carbons (Fsp3) is 0.357. The van der Waals surface area contributed by atoms with Gasteiger partial charge in [0, 0.05) is 58.7 Å². The lowest BCUT2D eigenvalue weighted by atomic mass is 9.99. The molecule has 0 amide bonds. The number of aromatic nitrogens is 3. The number of fused-ring (bicyclic) bond motifs is 1. The van der Waals surface area contributed by atoms with Crippen molar-refractivity contribution in [1.82, 2.24) is 15.0 Å². The number of aromatic amines is 1. The van der Waals surface area contributed by atoms with E-state index in [1.54, 1.807) is 0 Å². The van der Waals surface area contributed by atoms with E-state index in [4.69, 9.17) is 10.7 Å². The van der Waals surface area contributed by atoms with E-state index in [-0.39, 0.29) is 0 Å². The Balaban J connectivity index is 1.36. The standard InChI is InChI=1S/C28H31N5/c1-17-13-22(14-18(2)31-17)28-27(19-3-4-19)24-7-5-20(15-25(24)32-28)21-6-8-26(30-16-21)33-11-9-23(29)10-12-33/h5-8,13-16,19,23,32H,3-4,9-12,29H2,1-2H3. The summed E-state index contributed by atoms with van der Waals surface area (Å²) >= 11 is 0. The number of nitrogens with zero attached hydrogens (tertiary/aromatic N) is 3. The van der Waals surface area contributed by atoms with Crippen LogP contribution >= 0.6 is 0 Å². The lowest BCUT2D eigenvalue weighted by molar-refractivity contribution is 0.498. The van der Waals surface area contributed by atoms with Crippen LogP contribution in [0.15, 0.2) is 48.7 Å². The highest BCUT2D eigenvalue weighted by Crippen LogP contribution is 2.48. The van der Waals surface area contributed by atoms with Crippen molar-refractivity contribution in [3.63, 3.8) is 0 Å². The summed E-state index contributed by atoms with van der Waals surface area (Å²) in [5, 5.41) is 1.35. The van der Waals surface area contributed by atoms with Gasteiger partial charge in [-0.1, -0.05) is 12.1 Å². The molecule has 2 aliphatic rings. The minimum absolute atomic E-state index is 0.332. The van der Waals surface area contributed by atoms with E-state index < -0.39 is 0 Å². The lowest BCUT2D eigenvalue weighted by Crippen LogP contribution is -2.40. The van der Waals surface area contributed by atoms with Gasteiger partial charge in [0.15, 0.2) is 0 Å². The predicted molar refractivity (Wildman–Crippen MR) is 136 cm³/mol. The van der Waals surface area contributed by atoms with Gasteiger partial charge in [-0.05, 0) is 86.9 Å². The summed E-state index contributed by atoms with van der Waals surface area (Å²) in [6, 6.07) is 15.9. The van der Waals surface area contributed by atoms with Gasteiger partial charge in [-0.15, -0.1) is 0 Å². The second-order valence-electron chi connectivity index (χ2n) is 9.82. The van der Waals surface area contributed by atoms with Crippen molar-refractivity contribution in [3.8, 4) is 22.4 Å². The molecule has 3 aromatic heterocycles. The van der Waals surface area contributed by atoms with Crippen molar-refractivity contribution in [2.24, 2.45) is 5.73 Å². The molecular formula is C28H31N5. The molecule has 1 aliphatic carbocycles. The third-order valence-corrected chi connectivity index (χ3v) is 7.14. The number of H-pyrrole nitrogens is 1. The smallest absolute Gasteiger partial charge is 0.128 e. The number of pyridine rings is 2. The Labute approximate surface area is 195 Å². The topological polar surface area (TPSA) is 70.8 Å². The van der Waals surface area contributed by atoms with Gasteiger partial charge in [-0.25, -0.2) is 4.98 Å². The van der Waals surface area contributed by atoms with Crippen molar-refractivity contribution < 1.29 is 0 Å². The van der Waals surface area contributed by atoms with Crippen molar-refractivity contribution in [2.45, 2.75) is 51.5 Å². The molecule has 0 spiro atoms. The van der Waals surface area contributed by atoms with Gasteiger partial charge < -0.3 is 15.6 Å². The highest BCUT2D eigenvalue weighted by Gasteiger charge is 2.30. The quantitative estimate of drug-likeness (QED) is 0.429. The van der Waals surface area contributed by atoms with Gasteiger partial charge in [0.1, 0.15) is 5.82 Å². The molecule has 1 saturated carbocycles. The minimum atomic E-state index is 0.332. The van der Waals surface area contributed by atoms with Gasteiger partial charge in [0.05, 0.1) is 5.69 Å². The molecule has 6 rings (SSSR count). The fourth-order valence-electron chi connectivity index (χ4n) is 5.27. The SMILES string of the molecule is Cc1cc(-c2[nH]c3cc(-c4ccc(N5CCC(N)CC5)nc4)ccc3c2C2CC2)cc(C)n1. The number of anilines is 1. The maximum absolute atomic E-state index is 6.05. The molecule has 3 N–H and O–H groups in total. The first-order valence-corrected chi connectivity index (χ1v) is 12.1. The molecule has 2 fully saturated rings. The first-order chi connectivity index (χ1) is 16.0. The zero-order chi connectivity index (χ0) is 22.5. The van der Waals surface area contributed by atoms with Gasteiger partial charge in [0.25, 0.3) is 0 Å². The molecule has 1 aliphatic heterocycles. The van der Waals surface area contributed by atoms with Crippen molar-refractivity contribution in [3.05, 3.63) is 65.6 Å². The average Bonchev–Trinajstić information content (AvgIpc) is 3.58. The molecular weight excluding hydrogens is 406 g/mol. The Bertz CT molecular complexity index is 1290. The maximum atomic E-state index is 6.05. The summed E-state index contributed by atoms with van der Waals surface area (Å²) in [7, 11) is 0. The summed E-state index contributed by atoms with van der Waals surface area (Å²) in [6.07, 6.45) is 6.63. The highest BCUT2D eigenvalue weighted by atomic mass is 15.2. The van der Waals surface area contributed by atoms with Crippen LogP contribution in [-0.2, 0) is 0 Å². The Morgan fingerprint density at radius 3 is 2.27 bits per heavy atom. The molecule has 0 atom stereocenters. The molecule has 5 heteroatoms. The van der Waals surface area contributed by atoms with Gasteiger partial charge >= 0.3 is 0 Å². The molecule has 1 aromatic carbocycles. The van der Waals surface area contributed by atoms with Crippen LogP contribution in [0, 0.1) is 13.8 Å². The second-order valence-corrected chi connectivity index (χ2v) is 9.82. The molecule has 0 unspecified atom stereocenters. The van der Waals surface area contributed by atoms with Crippen LogP contribution in [0.5, 0.6) is 0 Å². The van der Waals surface area contributed by atoms with E-state index >= 15 is 0 Å². The Morgan fingerprint density at radius 1 is 0.879 bits per heavy atom. The van der Waals surface area contributed by atoms with E-state index in [1.807, 2.05) is 6.20 Å². The van der Waals surface area contributed by atoms with Crippen LogP contribution in [0.25, 0.3) is 33.3 Å². The monoisotopic (exact) mass is 437 g/mol. The van der Waals surface area contributed by atoms with Gasteiger partial charge in [-0.2, -0.15) is 0 Å². The molecule has 5 nitrogen and oxygen atoms in total. The third-order valence-electron chi connectivity index (χ3n) is 7.14. The van der Waals surface area contributed by atoms with Crippen molar-refractivity contribution >= 4 is 16.7 Å². The number of nitrogens with two attached hydrogens (primary N) is 1. The van der Waals surface area contributed by atoms with E-state index in [0.717, 1.165) is 48.7 Å². The zero-order valence-electron chi connectivity index (χ0n) is 19.4. The molecule has 1 saturated heterocycles. The molecule has 0 bridgehead atoms. The molecule has 168 valence electrons. The number of hydrogen-bond acceptors (Lipinski definition) is 4. The molecule has 33 heavy (non-hydrogen) atoms. The van der Waals surface area contributed by atoms with E-state index in [9.17, 15) is 0 Å². The Hall–Kier alpha value is -3.18. The minimum Gasteiger partial charge on any atom is -0.357 e. The fourth-order valence-corrected chi connectivity index (χ4v) is 5.27. The van der Waals surface area contributed by atoms with Gasteiger partial charge in [0.2, 0.25) is 0 Å². The summed E-state index contributed by atoms with van der Waals surface area (Å²) in [5.74, 6) is 1.71. The van der Waals surface area contributed by atoms with Crippen LogP contribution in [-0.4, -0.2) is 34.1 Å². The van der Waals surface area contributed by atoms with Crippen LogP contribution in [0.1, 0.15) is 48.6 Å². The lowest BCUT2D eigenvalue weighted by Gasteiger charge is -2.31. The second kappa shape index (κ2) is 7.99. The van der Waals surface area contributed by atoms with Crippen LogP contribution < -0.4 is 10.6 Å². The van der Waals surface area contributed by atoms with E-state index in [0.29, 0.717) is 12.0 Å². The predicted octanol–water partition coefficient (Wildman–Crippen LogP) is 5.71. The number of rotatable bonds is 4. The summed E-state index contributed by atoms with van der Waals surface area (Å²) in [5.41, 5.74) is 15.7. The average molecular weight is 438 g/mol. The number of aryl methyl sites for hydroxylation is 2. The maximum Gasteiger partial charge on any atom is 0.128 e. The molecule has 0 radical (unpaired) electrons. The normalized spacial score (nSPS) is 17.1. The molecule has 4 aromatic rings. The number of piperidine rings is 1. The molecule has 4 heterocycles. The van der Waals surface area contributed by atoms with Crippen LogP contribution in [0.4, 0.5) is 5.82 Å². The number of hydrogen-bond donors (Lipinski definition) is 2. The largest absolute Gasteiger partial charge is 0.357 e. The highest BCUT2D eigenvalue weighted by molar-refractivity contribution is 5.94. The first-order valence-electron chi connectivity index (χ1n) is 12.1. The van der Waals surface area contributed by atoms with Crippen molar-refractivity contribution in [1.29, 1.82) is 0 Å². The Morgan fingerprint density at radius 2 is 1.61 bits per heavy atom. The Kier molecular flexibility index (Phi) is 4.95. The summed E-state index contributed by atoms with van der Waals surface area (Å²) in [4.78, 5) is 15.5. The number of nitrogens with one attached hydrogen (secondary N) is 1. The van der Waals surface area contributed by atoms with E-state index in [1.165, 1.54) is 46.1 Å². The van der Waals surface area contributed by atoms with Crippen LogP contribution in [0.3, 0.4) is 0 Å². The number of benzene rings is 1. The zero-order valence-corrected chi connectivity index (χ0v) is 19.4. The summed E-state index contributed by atoms with van der Waals surface area (Å²) in [6.45, 7) is 6.12. The van der Waals surface area contributed by atoms with Gasteiger partial charge in [-0.3, -0.25) is 4.98 Å². The van der Waals surface area contributed by atoms with Crippen molar-refractivity contribution in [2.75, 3.05) is 18.0 Å². The van der Waals surface area contributed by atoms with Crippen LogP contribution in [0.2, 0.25) is 0 Å².